The molecule has 0 bridgehead atoms. The smallest absolute Gasteiger partial charge is 0.230 e. The number of carbonyl (C=O) groups is 2. The van der Waals surface area contributed by atoms with E-state index in [9.17, 15) is 9.59 Å². The molecule has 86 valence electrons. The second kappa shape index (κ2) is 5.14. The molecule has 4 nitrogen and oxygen atoms in total. The van der Waals surface area contributed by atoms with Gasteiger partial charge in [0.25, 0.3) is 0 Å². The van der Waals surface area contributed by atoms with Gasteiger partial charge in [-0.25, -0.2) is 0 Å². The average molecular weight is 212 g/mol. The Hall–Kier alpha value is -1.06. The number of hydrogen-bond acceptors (Lipinski definition) is 2. The molecule has 0 radical (unpaired) electrons. The van der Waals surface area contributed by atoms with Crippen LogP contribution in [0.25, 0.3) is 0 Å². The average Bonchev–Trinajstić information content (AvgIpc) is 2.26. The van der Waals surface area contributed by atoms with E-state index in [-0.39, 0.29) is 11.3 Å². The van der Waals surface area contributed by atoms with Crippen LogP contribution in [-0.2, 0) is 9.59 Å². The van der Waals surface area contributed by atoms with Crippen LogP contribution in [0.15, 0.2) is 0 Å². The molecule has 0 atom stereocenters. The summed E-state index contributed by atoms with van der Waals surface area (Å²) in [5.74, 6) is 0.150. The summed E-state index contributed by atoms with van der Waals surface area (Å²) < 4.78 is 0. The Balaban J connectivity index is 2.74. The molecule has 4 heteroatoms. The Morgan fingerprint density at radius 2 is 1.93 bits per heavy atom. The van der Waals surface area contributed by atoms with Crippen LogP contribution in [0.1, 0.15) is 32.1 Å². The quantitative estimate of drug-likeness (QED) is 0.700. The Bertz CT molecular complexity index is 233. The van der Waals surface area contributed by atoms with E-state index in [2.05, 4.69) is 5.32 Å². The molecule has 15 heavy (non-hydrogen) atoms. The van der Waals surface area contributed by atoms with Crippen LogP contribution in [0.4, 0.5) is 0 Å². The van der Waals surface area contributed by atoms with Crippen LogP contribution in [0.5, 0.6) is 0 Å². The fraction of sp³-hybridized carbons (Fsp3) is 0.818. The first kappa shape index (κ1) is 12.0. The Kier molecular flexibility index (Phi) is 4.12. The van der Waals surface area contributed by atoms with Crippen molar-refractivity contribution in [2.24, 2.45) is 5.41 Å². The lowest BCUT2D eigenvalue weighted by Gasteiger charge is -2.37. The predicted molar refractivity (Wildman–Crippen MR) is 58.3 cm³/mol. The van der Waals surface area contributed by atoms with Crippen LogP contribution in [-0.4, -0.2) is 37.9 Å². The second-order valence-electron chi connectivity index (χ2n) is 4.54. The molecule has 0 aromatic rings. The van der Waals surface area contributed by atoms with Crippen molar-refractivity contribution in [3.63, 3.8) is 0 Å². The molecule has 0 heterocycles. The molecule has 1 fully saturated rings. The monoisotopic (exact) mass is 212 g/mol. The molecule has 1 saturated carbocycles. The van der Waals surface area contributed by atoms with Gasteiger partial charge in [0.2, 0.25) is 12.3 Å². The Labute approximate surface area is 91.0 Å². The zero-order valence-electron chi connectivity index (χ0n) is 9.58. The molecule has 0 aliphatic heterocycles. The molecule has 0 unspecified atom stereocenters. The molecule has 0 saturated heterocycles. The lowest BCUT2D eigenvalue weighted by atomic mass is 9.73. The standard InChI is InChI=1S/C11H20N2O2/c1-13(2)10(15)11(8-12-9-14)6-4-3-5-7-11/h9H,3-8H2,1-2H3,(H,12,14). The topological polar surface area (TPSA) is 49.4 Å². The maximum absolute atomic E-state index is 12.1. The van der Waals surface area contributed by atoms with E-state index < -0.39 is 0 Å². The third kappa shape index (κ3) is 2.70. The van der Waals surface area contributed by atoms with Gasteiger partial charge in [0.05, 0.1) is 5.41 Å². The third-order valence-electron chi connectivity index (χ3n) is 3.19. The van der Waals surface area contributed by atoms with Crippen LogP contribution >= 0.6 is 0 Å². The van der Waals surface area contributed by atoms with Crippen molar-refractivity contribution in [2.45, 2.75) is 32.1 Å². The maximum atomic E-state index is 12.1. The summed E-state index contributed by atoms with van der Waals surface area (Å²) >= 11 is 0. The highest BCUT2D eigenvalue weighted by molar-refractivity contribution is 5.83. The van der Waals surface area contributed by atoms with Gasteiger partial charge in [-0.1, -0.05) is 19.3 Å². The van der Waals surface area contributed by atoms with Crippen LogP contribution in [0.2, 0.25) is 0 Å². The van der Waals surface area contributed by atoms with Crippen molar-refractivity contribution < 1.29 is 9.59 Å². The summed E-state index contributed by atoms with van der Waals surface area (Å²) in [5, 5.41) is 2.67. The number of carbonyl (C=O) groups excluding carboxylic acids is 2. The lowest BCUT2D eigenvalue weighted by Crippen LogP contribution is -2.47. The SMILES string of the molecule is CN(C)C(=O)C1(CNC=O)CCCCC1. The van der Waals surface area contributed by atoms with Gasteiger partial charge in [-0.3, -0.25) is 9.59 Å². The van der Waals surface area contributed by atoms with E-state index in [0.717, 1.165) is 25.7 Å². The maximum Gasteiger partial charge on any atom is 0.230 e. The molecule has 0 aromatic heterocycles. The summed E-state index contributed by atoms with van der Waals surface area (Å²) in [7, 11) is 3.55. The number of hydrogen-bond donors (Lipinski definition) is 1. The first-order valence-electron chi connectivity index (χ1n) is 5.51. The zero-order chi connectivity index (χ0) is 11.3. The molecular weight excluding hydrogens is 192 g/mol. The molecule has 2 amide bonds. The van der Waals surface area contributed by atoms with Crippen molar-refractivity contribution in [1.29, 1.82) is 0 Å². The zero-order valence-corrected chi connectivity index (χ0v) is 9.58. The highest BCUT2D eigenvalue weighted by atomic mass is 16.2. The Morgan fingerprint density at radius 3 is 2.40 bits per heavy atom. The van der Waals surface area contributed by atoms with E-state index in [4.69, 9.17) is 0 Å². The van der Waals surface area contributed by atoms with Gasteiger partial charge in [0.1, 0.15) is 0 Å². The predicted octanol–water partition coefficient (Wildman–Crippen LogP) is 0.771. The Morgan fingerprint density at radius 1 is 1.33 bits per heavy atom. The molecule has 1 N–H and O–H groups in total. The first-order chi connectivity index (χ1) is 7.12. The largest absolute Gasteiger partial charge is 0.358 e. The number of rotatable bonds is 4. The molecule has 1 aliphatic carbocycles. The second-order valence-corrected chi connectivity index (χ2v) is 4.54. The molecule has 1 rings (SSSR count). The lowest BCUT2D eigenvalue weighted by molar-refractivity contribution is -0.141. The van der Waals surface area contributed by atoms with Crippen LogP contribution in [0, 0.1) is 5.41 Å². The molecule has 0 spiro atoms. The minimum Gasteiger partial charge on any atom is -0.358 e. The van der Waals surface area contributed by atoms with Gasteiger partial charge < -0.3 is 10.2 Å². The highest BCUT2D eigenvalue weighted by Crippen LogP contribution is 2.37. The molecule has 1 aliphatic rings. The van der Waals surface area contributed by atoms with Gasteiger partial charge in [-0.05, 0) is 12.8 Å². The fourth-order valence-corrected chi connectivity index (χ4v) is 2.41. The highest BCUT2D eigenvalue weighted by Gasteiger charge is 2.40. The van der Waals surface area contributed by atoms with Crippen molar-refractivity contribution in [3.8, 4) is 0 Å². The van der Waals surface area contributed by atoms with Gasteiger partial charge >= 0.3 is 0 Å². The van der Waals surface area contributed by atoms with E-state index in [1.54, 1.807) is 19.0 Å². The minimum atomic E-state index is -0.345. The summed E-state index contributed by atoms with van der Waals surface area (Å²) in [6, 6.07) is 0. The van der Waals surface area contributed by atoms with Crippen molar-refractivity contribution in [1.82, 2.24) is 10.2 Å². The normalized spacial score (nSPS) is 19.3. The molecular formula is C11H20N2O2. The summed E-state index contributed by atoms with van der Waals surface area (Å²) in [6.07, 6.45) is 5.83. The van der Waals surface area contributed by atoms with E-state index in [1.807, 2.05) is 0 Å². The van der Waals surface area contributed by atoms with E-state index >= 15 is 0 Å². The van der Waals surface area contributed by atoms with Crippen molar-refractivity contribution in [3.05, 3.63) is 0 Å². The van der Waals surface area contributed by atoms with E-state index in [1.165, 1.54) is 6.42 Å². The van der Waals surface area contributed by atoms with Gasteiger partial charge in [0, 0.05) is 20.6 Å². The number of amides is 2. The van der Waals surface area contributed by atoms with Gasteiger partial charge in [-0.15, -0.1) is 0 Å². The fourth-order valence-electron chi connectivity index (χ4n) is 2.41. The number of nitrogens with zero attached hydrogens (tertiary/aromatic N) is 1. The minimum absolute atomic E-state index is 0.150. The first-order valence-corrected chi connectivity index (χ1v) is 5.51. The van der Waals surface area contributed by atoms with Gasteiger partial charge in [-0.2, -0.15) is 0 Å². The summed E-state index contributed by atoms with van der Waals surface area (Å²) in [4.78, 5) is 24.1. The van der Waals surface area contributed by atoms with Crippen LogP contribution in [0.3, 0.4) is 0 Å². The number of nitrogens with one attached hydrogen (secondary N) is 1. The van der Waals surface area contributed by atoms with Gasteiger partial charge in [0.15, 0.2) is 0 Å². The third-order valence-corrected chi connectivity index (χ3v) is 3.19. The molecule has 0 aromatic carbocycles. The van der Waals surface area contributed by atoms with E-state index in [0.29, 0.717) is 13.0 Å². The van der Waals surface area contributed by atoms with Crippen molar-refractivity contribution in [2.75, 3.05) is 20.6 Å². The summed E-state index contributed by atoms with van der Waals surface area (Å²) in [5.41, 5.74) is -0.345. The van der Waals surface area contributed by atoms with Crippen LogP contribution < -0.4 is 5.32 Å². The van der Waals surface area contributed by atoms with Crippen molar-refractivity contribution >= 4 is 12.3 Å². The summed E-state index contributed by atoms with van der Waals surface area (Å²) in [6.45, 7) is 0.480.